The largest absolute Gasteiger partial charge is 0.357 e. The first-order valence-electron chi connectivity index (χ1n) is 10.3. The van der Waals surface area contributed by atoms with E-state index in [-0.39, 0.29) is 17.6 Å². The van der Waals surface area contributed by atoms with Crippen LogP contribution in [0.5, 0.6) is 0 Å². The van der Waals surface area contributed by atoms with Crippen LogP contribution in [-0.4, -0.2) is 34.7 Å². The van der Waals surface area contributed by atoms with Crippen LogP contribution in [0.3, 0.4) is 0 Å². The second-order valence-electron chi connectivity index (χ2n) is 7.34. The second-order valence-corrected chi connectivity index (χ2v) is 7.34. The third-order valence-electron chi connectivity index (χ3n) is 5.25. The van der Waals surface area contributed by atoms with Gasteiger partial charge in [-0.15, -0.1) is 0 Å². The Bertz CT molecular complexity index is 852. The lowest BCUT2D eigenvalue weighted by atomic mass is 9.88. The predicted molar refractivity (Wildman–Crippen MR) is 116 cm³/mol. The van der Waals surface area contributed by atoms with Gasteiger partial charge in [-0.05, 0) is 57.9 Å². The zero-order valence-electron chi connectivity index (χ0n) is 17.4. The molecule has 154 valence electrons. The quantitative estimate of drug-likeness (QED) is 0.735. The van der Waals surface area contributed by atoms with Crippen molar-refractivity contribution in [2.75, 3.05) is 28.6 Å². The first-order valence-corrected chi connectivity index (χ1v) is 10.3. The fraction of sp³-hybridized carbons (Fsp3) is 0.455. The molecule has 0 bridgehead atoms. The topological polar surface area (TPSA) is 87.2 Å². The molecule has 7 nitrogen and oxygen atoms in total. The molecule has 0 spiro atoms. The summed E-state index contributed by atoms with van der Waals surface area (Å²) in [4.78, 5) is 34.9. The minimum atomic E-state index is -0.0759. The molecule has 0 aliphatic heterocycles. The lowest BCUT2D eigenvalue weighted by Crippen LogP contribution is -2.27. The van der Waals surface area contributed by atoms with Crippen LogP contribution < -0.4 is 15.5 Å². The van der Waals surface area contributed by atoms with E-state index in [9.17, 15) is 9.59 Å². The summed E-state index contributed by atoms with van der Waals surface area (Å²) < 4.78 is 0. The molecule has 0 atom stereocenters. The highest BCUT2D eigenvalue weighted by Crippen LogP contribution is 2.24. The Morgan fingerprint density at radius 3 is 2.31 bits per heavy atom. The van der Waals surface area contributed by atoms with Gasteiger partial charge in [-0.2, -0.15) is 0 Å². The molecule has 1 saturated carbocycles. The van der Waals surface area contributed by atoms with Crippen molar-refractivity contribution in [2.24, 2.45) is 5.92 Å². The molecule has 1 heterocycles. The Labute approximate surface area is 171 Å². The molecule has 29 heavy (non-hydrogen) atoms. The Balaban J connectivity index is 1.63. The number of amides is 1. The molecule has 1 aromatic heterocycles. The van der Waals surface area contributed by atoms with Crippen LogP contribution in [0.2, 0.25) is 0 Å². The summed E-state index contributed by atoms with van der Waals surface area (Å²) in [5, 5.41) is 6.26. The highest BCUT2D eigenvalue weighted by atomic mass is 16.2. The number of anilines is 4. The molecule has 0 radical (unpaired) electrons. The highest BCUT2D eigenvalue weighted by molar-refractivity contribution is 5.94. The van der Waals surface area contributed by atoms with Gasteiger partial charge < -0.3 is 15.5 Å². The van der Waals surface area contributed by atoms with Crippen molar-refractivity contribution in [2.45, 2.75) is 46.5 Å². The highest BCUT2D eigenvalue weighted by Gasteiger charge is 2.24. The second kappa shape index (κ2) is 9.49. The third-order valence-corrected chi connectivity index (χ3v) is 5.25. The average molecular weight is 396 g/mol. The number of benzene rings is 1. The van der Waals surface area contributed by atoms with E-state index in [1.54, 1.807) is 0 Å². The maximum absolute atomic E-state index is 12.4. The third kappa shape index (κ3) is 5.53. The summed E-state index contributed by atoms with van der Waals surface area (Å²) in [6.07, 6.45) is 2.31. The Morgan fingerprint density at radius 1 is 1.07 bits per heavy atom. The molecular weight excluding hydrogens is 366 g/mol. The number of carbonyl (C=O) groups is 2. The molecule has 7 heteroatoms. The van der Waals surface area contributed by atoms with Crippen molar-refractivity contribution in [3.05, 3.63) is 36.2 Å². The normalized spacial score (nSPS) is 14.5. The molecule has 1 fully saturated rings. The van der Waals surface area contributed by atoms with Crippen LogP contribution in [0.15, 0.2) is 30.3 Å². The van der Waals surface area contributed by atoms with E-state index in [1.807, 2.05) is 37.3 Å². The van der Waals surface area contributed by atoms with Crippen LogP contribution in [-0.2, 0) is 9.59 Å². The summed E-state index contributed by atoms with van der Waals surface area (Å²) in [6.45, 7) is 7.86. The first-order chi connectivity index (χ1) is 14.0. The van der Waals surface area contributed by atoms with Crippen LogP contribution in [0.1, 0.15) is 45.4 Å². The zero-order valence-corrected chi connectivity index (χ0v) is 17.4. The number of hydrogen-bond acceptors (Lipinski definition) is 6. The standard InChI is InChI=1S/C22H29N5O2/c1-4-27(5-2)21-14-20(23-15(3)24-21)25-17-8-10-18(11-9-17)26-22(29)16-6-12-19(28)13-7-16/h8-11,14,16H,4-7,12-13H2,1-3H3,(H,26,29)(H,23,24,25). The molecule has 1 amide bonds. The van der Waals surface area contributed by atoms with Gasteiger partial charge in [0.2, 0.25) is 5.91 Å². The number of ketones is 1. The van der Waals surface area contributed by atoms with Gasteiger partial charge in [0.25, 0.3) is 0 Å². The number of rotatable bonds is 7. The number of nitrogens with one attached hydrogen (secondary N) is 2. The minimum absolute atomic E-state index is 0.00602. The number of nitrogens with zero attached hydrogens (tertiary/aromatic N) is 3. The summed E-state index contributed by atoms with van der Waals surface area (Å²) in [7, 11) is 0. The summed E-state index contributed by atoms with van der Waals surface area (Å²) in [6, 6.07) is 9.50. The molecule has 1 aliphatic carbocycles. The van der Waals surface area contributed by atoms with Crippen molar-refractivity contribution in [1.82, 2.24) is 9.97 Å². The van der Waals surface area contributed by atoms with E-state index in [0.29, 0.717) is 31.5 Å². The van der Waals surface area contributed by atoms with Crippen molar-refractivity contribution >= 4 is 34.7 Å². The molecule has 2 aromatic rings. The summed E-state index contributed by atoms with van der Waals surface area (Å²) in [5.41, 5.74) is 1.63. The average Bonchev–Trinajstić information content (AvgIpc) is 2.70. The number of hydrogen-bond donors (Lipinski definition) is 2. The van der Waals surface area contributed by atoms with E-state index in [4.69, 9.17) is 0 Å². The van der Waals surface area contributed by atoms with Gasteiger partial charge in [-0.1, -0.05) is 0 Å². The Morgan fingerprint density at radius 2 is 1.69 bits per heavy atom. The summed E-state index contributed by atoms with van der Waals surface area (Å²) >= 11 is 0. The van der Waals surface area contributed by atoms with E-state index in [1.165, 1.54) is 0 Å². The molecule has 0 unspecified atom stereocenters. The van der Waals surface area contributed by atoms with Gasteiger partial charge >= 0.3 is 0 Å². The number of Topliss-reactive ketones (excluding diaryl/α,β-unsaturated/α-hetero) is 1. The van der Waals surface area contributed by atoms with Gasteiger partial charge in [-0.25, -0.2) is 9.97 Å². The fourth-order valence-electron chi connectivity index (χ4n) is 3.56. The number of aryl methyl sites for hydroxylation is 1. The molecule has 2 N–H and O–H groups in total. The monoisotopic (exact) mass is 395 g/mol. The van der Waals surface area contributed by atoms with Gasteiger partial charge in [-0.3, -0.25) is 9.59 Å². The molecule has 1 aliphatic rings. The van der Waals surface area contributed by atoms with E-state index in [0.717, 1.165) is 36.1 Å². The van der Waals surface area contributed by atoms with Crippen molar-refractivity contribution in [3.63, 3.8) is 0 Å². The van der Waals surface area contributed by atoms with Crippen LogP contribution in [0.4, 0.5) is 23.0 Å². The lowest BCUT2D eigenvalue weighted by Gasteiger charge is -2.21. The summed E-state index contributed by atoms with van der Waals surface area (Å²) in [5.74, 6) is 2.53. The van der Waals surface area contributed by atoms with E-state index >= 15 is 0 Å². The van der Waals surface area contributed by atoms with E-state index < -0.39 is 0 Å². The smallest absolute Gasteiger partial charge is 0.227 e. The van der Waals surface area contributed by atoms with Crippen molar-refractivity contribution < 1.29 is 9.59 Å². The van der Waals surface area contributed by atoms with Gasteiger partial charge in [0.15, 0.2) is 0 Å². The zero-order chi connectivity index (χ0) is 20.8. The van der Waals surface area contributed by atoms with Crippen molar-refractivity contribution in [3.8, 4) is 0 Å². The SMILES string of the molecule is CCN(CC)c1cc(Nc2ccc(NC(=O)C3CCC(=O)CC3)cc2)nc(C)n1. The lowest BCUT2D eigenvalue weighted by molar-refractivity contribution is -0.125. The van der Waals surface area contributed by atoms with Gasteiger partial charge in [0, 0.05) is 49.3 Å². The van der Waals surface area contributed by atoms with Crippen LogP contribution >= 0.6 is 0 Å². The van der Waals surface area contributed by atoms with Gasteiger partial charge in [0.1, 0.15) is 23.2 Å². The molecule has 0 saturated heterocycles. The number of carbonyl (C=O) groups excluding carboxylic acids is 2. The Hall–Kier alpha value is -2.96. The van der Waals surface area contributed by atoms with Crippen LogP contribution in [0.25, 0.3) is 0 Å². The first kappa shape index (κ1) is 20.8. The molecular formula is C22H29N5O2. The fourth-order valence-corrected chi connectivity index (χ4v) is 3.56. The molecule has 1 aromatic carbocycles. The van der Waals surface area contributed by atoms with Crippen molar-refractivity contribution in [1.29, 1.82) is 0 Å². The van der Waals surface area contributed by atoms with E-state index in [2.05, 4.69) is 39.3 Å². The minimum Gasteiger partial charge on any atom is -0.357 e. The van der Waals surface area contributed by atoms with Crippen LogP contribution in [0, 0.1) is 12.8 Å². The Kier molecular flexibility index (Phi) is 6.80. The van der Waals surface area contributed by atoms with Gasteiger partial charge in [0.05, 0.1) is 0 Å². The maximum atomic E-state index is 12.4. The molecule has 3 rings (SSSR count). The maximum Gasteiger partial charge on any atom is 0.227 e. The number of aromatic nitrogens is 2. The predicted octanol–water partition coefficient (Wildman–Crippen LogP) is 4.07.